The third kappa shape index (κ3) is 3.33. The summed E-state index contributed by atoms with van der Waals surface area (Å²) in [6.45, 7) is 3.80. The van der Waals surface area contributed by atoms with Gasteiger partial charge >= 0.3 is 0 Å². The monoisotopic (exact) mass is 300 g/mol. The molecule has 0 saturated carbocycles. The highest BCUT2D eigenvalue weighted by atomic mass is 16.2. The molecule has 1 aromatic heterocycles. The molecule has 0 bridgehead atoms. The normalized spacial score (nSPS) is 11.8. The zero-order valence-corrected chi connectivity index (χ0v) is 13.0. The molecule has 0 spiro atoms. The van der Waals surface area contributed by atoms with Crippen molar-refractivity contribution in [3.8, 4) is 0 Å². The molecule has 2 amide bonds. The topological polar surface area (TPSA) is 76.0 Å². The molecule has 6 nitrogen and oxygen atoms in total. The van der Waals surface area contributed by atoms with Crippen LogP contribution in [0.4, 0.5) is 5.69 Å². The Labute approximate surface area is 129 Å². The third-order valence-corrected chi connectivity index (χ3v) is 3.51. The van der Waals surface area contributed by atoms with Crippen molar-refractivity contribution in [2.45, 2.75) is 26.3 Å². The number of aromatic nitrogens is 2. The van der Waals surface area contributed by atoms with Gasteiger partial charge < -0.3 is 10.6 Å². The Morgan fingerprint density at radius 3 is 2.68 bits per heavy atom. The van der Waals surface area contributed by atoms with Crippen LogP contribution in [0.3, 0.4) is 0 Å². The zero-order chi connectivity index (χ0) is 16.1. The van der Waals surface area contributed by atoms with Crippen LogP contribution in [0.15, 0.2) is 36.7 Å². The maximum atomic E-state index is 12.4. The van der Waals surface area contributed by atoms with Gasteiger partial charge in [0, 0.05) is 30.7 Å². The van der Waals surface area contributed by atoms with Gasteiger partial charge in [-0.15, -0.1) is 0 Å². The minimum absolute atomic E-state index is 0.123. The molecule has 1 heterocycles. The number of aryl methyl sites for hydroxylation is 1. The number of anilines is 1. The molecule has 22 heavy (non-hydrogen) atoms. The molecule has 1 aromatic carbocycles. The van der Waals surface area contributed by atoms with Gasteiger partial charge in [0.15, 0.2) is 0 Å². The molecule has 1 unspecified atom stereocenters. The first-order valence-corrected chi connectivity index (χ1v) is 7.19. The predicted octanol–water partition coefficient (Wildman–Crippen LogP) is 2.14. The lowest BCUT2D eigenvalue weighted by Crippen LogP contribution is -2.26. The number of amides is 2. The first-order chi connectivity index (χ1) is 10.6. The summed E-state index contributed by atoms with van der Waals surface area (Å²) in [7, 11) is 1.59. The van der Waals surface area contributed by atoms with Crippen molar-refractivity contribution in [2.24, 2.45) is 0 Å². The van der Waals surface area contributed by atoms with E-state index in [4.69, 9.17) is 0 Å². The number of carbonyl (C=O) groups is 2. The number of nitrogens with one attached hydrogen (secondary N) is 2. The lowest BCUT2D eigenvalue weighted by atomic mass is 10.1. The summed E-state index contributed by atoms with van der Waals surface area (Å²) in [5, 5.41) is 9.60. The quantitative estimate of drug-likeness (QED) is 0.888. The Morgan fingerprint density at radius 1 is 1.36 bits per heavy atom. The summed E-state index contributed by atoms with van der Waals surface area (Å²) in [6.07, 6.45) is 4.07. The van der Waals surface area contributed by atoms with Crippen LogP contribution in [0.2, 0.25) is 0 Å². The summed E-state index contributed by atoms with van der Waals surface area (Å²) in [6, 6.07) is 6.63. The van der Waals surface area contributed by atoms with Gasteiger partial charge in [-0.3, -0.25) is 14.3 Å². The number of hydrogen-bond donors (Lipinski definition) is 2. The molecule has 0 aliphatic rings. The van der Waals surface area contributed by atoms with E-state index >= 15 is 0 Å². The van der Waals surface area contributed by atoms with E-state index in [9.17, 15) is 9.59 Å². The number of benzene rings is 1. The molecule has 0 fully saturated rings. The lowest BCUT2D eigenvalue weighted by Gasteiger charge is -2.17. The van der Waals surface area contributed by atoms with Crippen molar-refractivity contribution in [3.05, 3.63) is 47.8 Å². The van der Waals surface area contributed by atoms with Gasteiger partial charge in [-0.1, -0.05) is 6.92 Å². The molecular weight excluding hydrogens is 280 g/mol. The molecule has 2 aromatic rings. The second-order valence-corrected chi connectivity index (χ2v) is 5.01. The maximum Gasteiger partial charge on any atom is 0.251 e. The molecule has 2 N–H and O–H groups in total. The van der Waals surface area contributed by atoms with Crippen molar-refractivity contribution in [1.82, 2.24) is 15.1 Å². The van der Waals surface area contributed by atoms with Gasteiger partial charge in [0.05, 0.1) is 0 Å². The number of carbonyl (C=O) groups excluding carboxylic acids is 2. The highest BCUT2D eigenvalue weighted by Crippen LogP contribution is 2.19. The van der Waals surface area contributed by atoms with Crippen molar-refractivity contribution in [1.29, 1.82) is 0 Å². The van der Waals surface area contributed by atoms with Gasteiger partial charge in [0.2, 0.25) is 5.91 Å². The molecule has 0 radical (unpaired) electrons. The fourth-order valence-corrected chi connectivity index (χ4v) is 2.26. The number of rotatable bonds is 5. The summed E-state index contributed by atoms with van der Waals surface area (Å²) < 4.78 is 1.64. The Hall–Kier alpha value is -2.63. The third-order valence-electron chi connectivity index (χ3n) is 3.51. The fraction of sp³-hybridized carbons (Fsp3) is 0.312. The maximum absolute atomic E-state index is 12.4. The first kappa shape index (κ1) is 15.8. The summed E-state index contributed by atoms with van der Waals surface area (Å²) in [5.41, 5.74) is 2.10. The van der Waals surface area contributed by atoms with E-state index in [0.29, 0.717) is 17.7 Å². The molecule has 6 heteroatoms. The lowest BCUT2D eigenvalue weighted by molar-refractivity contribution is -0.119. The zero-order valence-electron chi connectivity index (χ0n) is 13.0. The van der Waals surface area contributed by atoms with Gasteiger partial charge in [0.25, 0.3) is 5.91 Å². The van der Waals surface area contributed by atoms with E-state index in [1.807, 2.05) is 13.8 Å². The smallest absolute Gasteiger partial charge is 0.251 e. The van der Waals surface area contributed by atoms with E-state index in [0.717, 1.165) is 5.56 Å². The highest BCUT2D eigenvalue weighted by molar-refractivity contribution is 5.97. The van der Waals surface area contributed by atoms with E-state index in [-0.39, 0.29) is 17.9 Å². The van der Waals surface area contributed by atoms with Crippen molar-refractivity contribution in [2.75, 3.05) is 12.4 Å². The average Bonchev–Trinajstić information content (AvgIpc) is 3.03. The minimum Gasteiger partial charge on any atom is -0.355 e. The summed E-state index contributed by atoms with van der Waals surface area (Å²) in [5.74, 6) is -0.272. The number of nitrogens with zero attached hydrogens (tertiary/aromatic N) is 2. The van der Waals surface area contributed by atoms with Crippen molar-refractivity contribution in [3.63, 3.8) is 0 Å². The second-order valence-electron chi connectivity index (χ2n) is 5.01. The predicted molar refractivity (Wildman–Crippen MR) is 84.8 cm³/mol. The van der Waals surface area contributed by atoms with Crippen molar-refractivity contribution >= 4 is 17.5 Å². The van der Waals surface area contributed by atoms with Gasteiger partial charge in [0.1, 0.15) is 6.04 Å². The second kappa shape index (κ2) is 6.89. The first-order valence-electron chi connectivity index (χ1n) is 7.19. The Kier molecular flexibility index (Phi) is 4.93. The fourth-order valence-electron chi connectivity index (χ4n) is 2.26. The van der Waals surface area contributed by atoms with E-state index < -0.39 is 0 Å². The van der Waals surface area contributed by atoms with E-state index in [2.05, 4.69) is 15.7 Å². The standard InChI is InChI=1S/C16H20N4O2/c1-4-14(20-9-5-8-18-20)16(22)19-13-7-6-12(10-11(13)2)15(21)17-3/h5-10,14H,4H2,1-3H3,(H,17,21)(H,19,22). The van der Waals surface area contributed by atoms with Crippen LogP contribution in [-0.4, -0.2) is 28.6 Å². The van der Waals surface area contributed by atoms with E-state index in [1.54, 1.807) is 48.4 Å². The molecule has 0 saturated heterocycles. The SMILES string of the molecule is CCC(C(=O)Nc1ccc(C(=O)NC)cc1C)n1cccn1. The van der Waals surface area contributed by atoms with Gasteiger partial charge in [-0.05, 0) is 43.2 Å². The van der Waals surface area contributed by atoms with Crippen LogP contribution in [0.1, 0.15) is 35.3 Å². The molecular formula is C16H20N4O2. The Balaban J connectivity index is 2.16. The van der Waals surface area contributed by atoms with Gasteiger partial charge in [-0.25, -0.2) is 0 Å². The number of hydrogen-bond acceptors (Lipinski definition) is 3. The summed E-state index contributed by atoms with van der Waals surface area (Å²) in [4.78, 5) is 24.0. The van der Waals surface area contributed by atoms with Crippen LogP contribution in [-0.2, 0) is 4.79 Å². The molecule has 0 aliphatic carbocycles. The summed E-state index contributed by atoms with van der Waals surface area (Å²) >= 11 is 0. The Morgan fingerprint density at radius 2 is 2.14 bits per heavy atom. The molecule has 0 aliphatic heterocycles. The molecule has 116 valence electrons. The van der Waals surface area contributed by atoms with Crippen LogP contribution < -0.4 is 10.6 Å². The Bertz CT molecular complexity index is 665. The largest absolute Gasteiger partial charge is 0.355 e. The van der Waals surface area contributed by atoms with Crippen LogP contribution in [0.5, 0.6) is 0 Å². The highest BCUT2D eigenvalue weighted by Gasteiger charge is 2.19. The van der Waals surface area contributed by atoms with E-state index in [1.165, 1.54) is 0 Å². The van der Waals surface area contributed by atoms with Crippen LogP contribution in [0, 0.1) is 6.92 Å². The average molecular weight is 300 g/mol. The van der Waals surface area contributed by atoms with Crippen LogP contribution in [0.25, 0.3) is 0 Å². The minimum atomic E-state index is -0.354. The van der Waals surface area contributed by atoms with Crippen LogP contribution >= 0.6 is 0 Å². The molecule has 1 atom stereocenters. The molecule has 2 rings (SSSR count). The van der Waals surface area contributed by atoms with Gasteiger partial charge in [-0.2, -0.15) is 5.10 Å². The van der Waals surface area contributed by atoms with Crippen molar-refractivity contribution < 1.29 is 9.59 Å².